The Morgan fingerprint density at radius 3 is 2.15 bits per heavy atom. The third-order valence-electron chi connectivity index (χ3n) is 5.35. The molecule has 5 nitrogen and oxygen atoms in total. The largest absolute Gasteiger partial charge is 0.294 e. The van der Waals surface area contributed by atoms with Crippen LogP contribution >= 0.6 is 0 Å². The molecule has 1 aliphatic rings. The second-order valence-electron chi connectivity index (χ2n) is 8.18. The lowest BCUT2D eigenvalue weighted by atomic mass is 9.87. The van der Waals surface area contributed by atoms with Crippen molar-refractivity contribution in [3.05, 3.63) is 59.9 Å². The van der Waals surface area contributed by atoms with E-state index in [9.17, 15) is 8.42 Å². The van der Waals surface area contributed by atoms with Crippen LogP contribution in [0.4, 0.5) is 0 Å². The number of aromatic nitrogens is 1. The van der Waals surface area contributed by atoms with E-state index < -0.39 is 10.0 Å². The molecular weight excluding hydrogens is 358 g/mol. The molecule has 0 unspecified atom stereocenters. The summed E-state index contributed by atoms with van der Waals surface area (Å²) in [6, 6.07) is 11.6. The zero-order valence-electron chi connectivity index (χ0n) is 16.6. The standard InChI is InChI=1S/C21H29N3O2S/c1-17(18-6-5-11-22-16-18)23-12-14-24(15-13-23)27(25,26)20-9-7-19(8-10-20)21(2,3)4/h5-11,16-17H,12-15H2,1-4H3/t17-/m1/s1. The van der Waals surface area contributed by atoms with Crippen LogP contribution in [-0.2, 0) is 15.4 Å². The van der Waals surface area contributed by atoms with Crippen LogP contribution < -0.4 is 0 Å². The van der Waals surface area contributed by atoms with Crippen LogP contribution in [0.2, 0.25) is 0 Å². The van der Waals surface area contributed by atoms with Gasteiger partial charge in [0, 0.05) is 44.6 Å². The monoisotopic (exact) mass is 387 g/mol. The van der Waals surface area contributed by atoms with Gasteiger partial charge in [0.15, 0.2) is 0 Å². The van der Waals surface area contributed by atoms with Crippen LogP contribution in [-0.4, -0.2) is 48.8 Å². The van der Waals surface area contributed by atoms with Crippen molar-refractivity contribution in [1.82, 2.24) is 14.2 Å². The van der Waals surface area contributed by atoms with Crippen molar-refractivity contribution >= 4 is 10.0 Å². The molecule has 0 amide bonds. The number of sulfonamides is 1. The van der Waals surface area contributed by atoms with Crippen molar-refractivity contribution in [3.8, 4) is 0 Å². The maximum absolute atomic E-state index is 13.0. The van der Waals surface area contributed by atoms with Gasteiger partial charge in [0.1, 0.15) is 0 Å². The fourth-order valence-electron chi connectivity index (χ4n) is 3.44. The molecule has 146 valence electrons. The lowest BCUT2D eigenvalue weighted by Gasteiger charge is -2.37. The smallest absolute Gasteiger partial charge is 0.243 e. The Bertz CT molecular complexity index is 851. The van der Waals surface area contributed by atoms with E-state index in [4.69, 9.17) is 0 Å². The van der Waals surface area contributed by atoms with Crippen LogP contribution in [0.25, 0.3) is 0 Å². The molecule has 0 saturated carbocycles. The number of piperazine rings is 1. The first-order valence-corrected chi connectivity index (χ1v) is 10.9. The van der Waals surface area contributed by atoms with Crippen LogP contribution in [0.15, 0.2) is 53.7 Å². The Morgan fingerprint density at radius 1 is 1.00 bits per heavy atom. The van der Waals surface area contributed by atoms with Gasteiger partial charge >= 0.3 is 0 Å². The molecule has 0 aliphatic carbocycles. The molecule has 1 atom stereocenters. The molecule has 6 heteroatoms. The topological polar surface area (TPSA) is 53.5 Å². The summed E-state index contributed by atoms with van der Waals surface area (Å²) in [7, 11) is -3.44. The van der Waals surface area contributed by atoms with Crippen LogP contribution in [0, 0.1) is 0 Å². The summed E-state index contributed by atoms with van der Waals surface area (Å²) in [4.78, 5) is 6.88. The normalized spacial score (nSPS) is 18.4. The maximum Gasteiger partial charge on any atom is 0.243 e. The second kappa shape index (κ2) is 7.70. The van der Waals surface area contributed by atoms with Gasteiger partial charge in [0.05, 0.1) is 4.90 Å². The van der Waals surface area contributed by atoms with E-state index in [-0.39, 0.29) is 11.5 Å². The summed E-state index contributed by atoms with van der Waals surface area (Å²) >= 11 is 0. The summed E-state index contributed by atoms with van der Waals surface area (Å²) in [6.07, 6.45) is 3.65. The van der Waals surface area contributed by atoms with E-state index in [1.807, 2.05) is 24.4 Å². The van der Waals surface area contributed by atoms with E-state index in [0.717, 1.165) is 24.2 Å². The Labute approximate surface area is 163 Å². The fourth-order valence-corrected chi connectivity index (χ4v) is 4.86. The van der Waals surface area contributed by atoms with Gasteiger partial charge in [-0.25, -0.2) is 8.42 Å². The Hall–Kier alpha value is -1.76. The highest BCUT2D eigenvalue weighted by Crippen LogP contribution is 2.26. The predicted molar refractivity (Wildman–Crippen MR) is 108 cm³/mol. The minimum atomic E-state index is -3.44. The second-order valence-corrected chi connectivity index (χ2v) is 10.1. The lowest BCUT2D eigenvalue weighted by molar-refractivity contribution is 0.145. The molecule has 2 heterocycles. The quantitative estimate of drug-likeness (QED) is 0.806. The van der Waals surface area contributed by atoms with Crippen molar-refractivity contribution in [2.75, 3.05) is 26.2 Å². The molecule has 0 N–H and O–H groups in total. The third kappa shape index (κ3) is 4.39. The number of hydrogen-bond donors (Lipinski definition) is 0. The lowest BCUT2D eigenvalue weighted by Crippen LogP contribution is -2.49. The highest BCUT2D eigenvalue weighted by atomic mass is 32.2. The molecule has 0 spiro atoms. The first kappa shape index (κ1) is 20.0. The number of pyridine rings is 1. The van der Waals surface area contributed by atoms with Crippen molar-refractivity contribution in [2.45, 2.75) is 44.0 Å². The summed E-state index contributed by atoms with van der Waals surface area (Å²) in [5.74, 6) is 0. The average molecular weight is 388 g/mol. The van der Waals surface area contributed by atoms with E-state index in [1.54, 1.807) is 22.6 Å². The summed E-state index contributed by atoms with van der Waals surface area (Å²) in [6.45, 7) is 11.0. The minimum Gasteiger partial charge on any atom is -0.294 e. The van der Waals surface area contributed by atoms with Crippen LogP contribution in [0.1, 0.15) is 44.9 Å². The van der Waals surface area contributed by atoms with Gasteiger partial charge in [-0.2, -0.15) is 4.31 Å². The van der Waals surface area contributed by atoms with Gasteiger partial charge in [-0.05, 0) is 41.7 Å². The summed E-state index contributed by atoms with van der Waals surface area (Å²) in [5, 5.41) is 0. The number of nitrogens with zero attached hydrogens (tertiary/aromatic N) is 3. The van der Waals surface area contributed by atoms with Gasteiger partial charge in [0.25, 0.3) is 0 Å². The molecule has 1 aliphatic heterocycles. The molecule has 1 fully saturated rings. The average Bonchev–Trinajstić information content (AvgIpc) is 2.67. The van der Waals surface area contributed by atoms with E-state index in [0.29, 0.717) is 18.0 Å². The summed E-state index contributed by atoms with van der Waals surface area (Å²) in [5.41, 5.74) is 2.30. The van der Waals surface area contributed by atoms with Crippen molar-refractivity contribution in [2.24, 2.45) is 0 Å². The molecular formula is C21H29N3O2S. The highest BCUT2D eigenvalue weighted by molar-refractivity contribution is 7.89. The van der Waals surface area contributed by atoms with Gasteiger partial charge in [-0.3, -0.25) is 9.88 Å². The predicted octanol–water partition coefficient (Wildman–Crippen LogP) is 3.45. The highest BCUT2D eigenvalue weighted by Gasteiger charge is 2.30. The number of hydrogen-bond acceptors (Lipinski definition) is 4. The third-order valence-corrected chi connectivity index (χ3v) is 7.26. The fraction of sp³-hybridized carbons (Fsp3) is 0.476. The molecule has 1 aromatic heterocycles. The van der Waals surface area contributed by atoms with Crippen LogP contribution in [0.3, 0.4) is 0 Å². The Kier molecular flexibility index (Phi) is 5.70. The molecule has 1 saturated heterocycles. The number of benzene rings is 1. The maximum atomic E-state index is 13.0. The van der Waals surface area contributed by atoms with Gasteiger partial charge in [-0.1, -0.05) is 39.0 Å². The Morgan fingerprint density at radius 2 is 1.63 bits per heavy atom. The molecule has 2 aromatic rings. The first-order valence-electron chi connectivity index (χ1n) is 9.44. The van der Waals surface area contributed by atoms with Gasteiger partial charge < -0.3 is 0 Å². The zero-order chi connectivity index (χ0) is 19.7. The van der Waals surface area contributed by atoms with E-state index in [1.165, 1.54) is 0 Å². The first-order chi connectivity index (χ1) is 12.7. The zero-order valence-corrected chi connectivity index (χ0v) is 17.4. The van der Waals surface area contributed by atoms with Gasteiger partial charge in [-0.15, -0.1) is 0 Å². The van der Waals surface area contributed by atoms with Crippen molar-refractivity contribution < 1.29 is 8.42 Å². The molecule has 3 rings (SSSR count). The molecule has 1 aromatic carbocycles. The SMILES string of the molecule is C[C@H](c1cccnc1)N1CCN(S(=O)(=O)c2ccc(C(C)(C)C)cc2)CC1. The molecule has 0 bridgehead atoms. The molecule has 27 heavy (non-hydrogen) atoms. The van der Waals surface area contributed by atoms with Gasteiger partial charge in [0.2, 0.25) is 10.0 Å². The number of rotatable bonds is 4. The van der Waals surface area contributed by atoms with E-state index in [2.05, 4.69) is 43.6 Å². The minimum absolute atomic E-state index is 0.0103. The van der Waals surface area contributed by atoms with Crippen molar-refractivity contribution in [1.29, 1.82) is 0 Å². The van der Waals surface area contributed by atoms with E-state index >= 15 is 0 Å². The van der Waals surface area contributed by atoms with Crippen molar-refractivity contribution in [3.63, 3.8) is 0 Å². The van der Waals surface area contributed by atoms with Crippen LogP contribution in [0.5, 0.6) is 0 Å². The Balaban J connectivity index is 1.68. The summed E-state index contributed by atoms with van der Waals surface area (Å²) < 4.78 is 27.6. The molecule has 0 radical (unpaired) electrons.